The number of Topliss-reactive ketones (excluding diaryl/α,β-unsaturated/α-hetero) is 1. The van der Waals surface area contributed by atoms with E-state index in [2.05, 4.69) is 35.1 Å². The van der Waals surface area contributed by atoms with Gasteiger partial charge in [0.15, 0.2) is 9.84 Å². The van der Waals surface area contributed by atoms with Crippen molar-refractivity contribution in [1.29, 1.82) is 0 Å². The minimum atomic E-state index is -3.38. The first-order chi connectivity index (χ1) is 22.9. The molecule has 3 aliphatic carbocycles. The number of hydrogen-bond acceptors (Lipinski definition) is 7. The van der Waals surface area contributed by atoms with Gasteiger partial charge in [-0.3, -0.25) is 19.2 Å². The van der Waals surface area contributed by atoms with E-state index >= 15 is 0 Å². The molecule has 5 fully saturated rings. The number of rotatable bonds is 12. The van der Waals surface area contributed by atoms with Crippen molar-refractivity contribution in [3.8, 4) is 0 Å². The second kappa shape index (κ2) is 14.1. The molecule has 49 heavy (non-hydrogen) atoms. The predicted molar refractivity (Wildman–Crippen MR) is 186 cm³/mol. The van der Waals surface area contributed by atoms with Crippen LogP contribution in [0.4, 0.5) is 4.79 Å². The molecule has 0 aromatic carbocycles. The Morgan fingerprint density at radius 1 is 0.918 bits per heavy atom. The van der Waals surface area contributed by atoms with E-state index in [4.69, 9.17) is 0 Å². The fraction of sp³-hybridized carbons (Fsp3) is 0.861. The van der Waals surface area contributed by atoms with E-state index in [1.54, 1.807) is 4.90 Å². The molecule has 0 aromatic heterocycles. The standard InChI is InChI=1S/C36H59N5O7S/c1-7-8-14-24(28(42)31(44)37-22-16-17-22)38-30(43)27-26-23(35(26,5)6)21-41(27)32(45)29(34(2,3)4)39-33(46)40-36(18-11-9-12-19-36)25-15-10-13-20-49(25,47)48/h22-27,29H,7-21H2,1-6H3,(H,37,44)(H,38,43)(H2,39,40,46)/t23-,24?,25-,26-,27-,29+/m0/s1. The monoisotopic (exact) mass is 705 g/mol. The van der Waals surface area contributed by atoms with Crippen LogP contribution in [0.1, 0.15) is 125 Å². The van der Waals surface area contributed by atoms with Crippen LogP contribution >= 0.6 is 0 Å². The number of piperidine rings is 1. The van der Waals surface area contributed by atoms with Crippen LogP contribution in [0.25, 0.3) is 0 Å². The molecule has 2 saturated heterocycles. The predicted octanol–water partition coefficient (Wildman–Crippen LogP) is 3.38. The van der Waals surface area contributed by atoms with Crippen molar-refractivity contribution >= 4 is 39.4 Å². The van der Waals surface area contributed by atoms with E-state index in [9.17, 15) is 32.4 Å². The number of ketones is 1. The molecular formula is C36H59N5O7S. The highest BCUT2D eigenvalue weighted by Crippen LogP contribution is 2.65. The van der Waals surface area contributed by atoms with E-state index in [1.165, 1.54) is 0 Å². The van der Waals surface area contributed by atoms with Gasteiger partial charge in [-0.2, -0.15) is 0 Å². The van der Waals surface area contributed by atoms with Crippen LogP contribution in [0.15, 0.2) is 0 Å². The smallest absolute Gasteiger partial charge is 0.315 e. The van der Waals surface area contributed by atoms with Crippen molar-refractivity contribution < 1.29 is 32.4 Å². The Morgan fingerprint density at radius 3 is 2.18 bits per heavy atom. The van der Waals surface area contributed by atoms with Gasteiger partial charge in [-0.05, 0) is 67.6 Å². The summed E-state index contributed by atoms with van der Waals surface area (Å²) in [5.74, 6) is -2.13. The molecule has 5 aliphatic rings. The van der Waals surface area contributed by atoms with Gasteiger partial charge in [-0.15, -0.1) is 0 Å². The van der Waals surface area contributed by atoms with Crippen molar-refractivity contribution in [3.05, 3.63) is 0 Å². The lowest BCUT2D eigenvalue weighted by Crippen LogP contribution is -2.66. The maximum Gasteiger partial charge on any atom is 0.315 e. The molecule has 0 bridgehead atoms. The number of nitrogens with zero attached hydrogens (tertiary/aromatic N) is 1. The van der Waals surface area contributed by atoms with Crippen molar-refractivity contribution in [2.75, 3.05) is 12.3 Å². The van der Waals surface area contributed by atoms with Crippen molar-refractivity contribution in [2.45, 2.75) is 160 Å². The fourth-order valence-electron chi connectivity index (χ4n) is 8.88. The van der Waals surface area contributed by atoms with Gasteiger partial charge in [0.25, 0.3) is 5.91 Å². The van der Waals surface area contributed by atoms with E-state index in [1.807, 2.05) is 27.7 Å². The van der Waals surface area contributed by atoms with E-state index in [0.29, 0.717) is 45.1 Å². The molecule has 0 aromatic rings. The number of urea groups is 1. The van der Waals surface area contributed by atoms with Crippen molar-refractivity contribution in [1.82, 2.24) is 26.2 Å². The molecule has 2 aliphatic heterocycles. The molecule has 3 saturated carbocycles. The summed E-state index contributed by atoms with van der Waals surface area (Å²) in [5.41, 5.74) is -1.82. The lowest BCUT2D eigenvalue weighted by molar-refractivity contribution is -0.145. The summed E-state index contributed by atoms with van der Waals surface area (Å²) in [7, 11) is -3.38. The number of hydrogen-bond donors (Lipinski definition) is 4. The van der Waals surface area contributed by atoms with Gasteiger partial charge in [0.05, 0.1) is 22.6 Å². The first kappa shape index (κ1) is 37.6. The summed E-state index contributed by atoms with van der Waals surface area (Å²) >= 11 is 0. The third-order valence-electron chi connectivity index (χ3n) is 12.1. The van der Waals surface area contributed by atoms with Gasteiger partial charge >= 0.3 is 6.03 Å². The van der Waals surface area contributed by atoms with Gasteiger partial charge in [0.2, 0.25) is 17.6 Å². The Labute approximate surface area is 292 Å². The fourth-order valence-corrected chi connectivity index (χ4v) is 11.3. The van der Waals surface area contributed by atoms with E-state index in [0.717, 1.165) is 44.9 Å². The SMILES string of the molecule is CCCCC(NC(=O)[C@@H]1[C@@H]2[C@H](CN1C(=O)[C@@H](NC(=O)NC1([C@@H]3CCCCS3(=O)=O)CCCCC1)C(C)(C)C)C2(C)C)C(=O)C(=O)NC1CC1. The van der Waals surface area contributed by atoms with Crippen LogP contribution in [0.3, 0.4) is 0 Å². The largest absolute Gasteiger partial charge is 0.347 e. The molecule has 2 heterocycles. The first-order valence-corrected chi connectivity index (χ1v) is 20.4. The van der Waals surface area contributed by atoms with E-state index < -0.39 is 73.7 Å². The molecular weight excluding hydrogens is 646 g/mol. The lowest BCUT2D eigenvalue weighted by Gasteiger charge is -2.45. The third-order valence-corrected chi connectivity index (χ3v) is 14.5. The van der Waals surface area contributed by atoms with E-state index in [-0.39, 0.29) is 29.0 Å². The molecule has 12 nitrogen and oxygen atoms in total. The van der Waals surface area contributed by atoms with Crippen molar-refractivity contribution in [2.24, 2.45) is 22.7 Å². The highest BCUT2D eigenvalue weighted by molar-refractivity contribution is 7.92. The normalized spacial score (nSPS) is 29.5. The molecule has 5 amide bonds. The van der Waals surface area contributed by atoms with Crippen LogP contribution in [-0.2, 0) is 29.0 Å². The Hall–Kier alpha value is -2.70. The van der Waals surface area contributed by atoms with Crippen LogP contribution in [0, 0.1) is 22.7 Å². The quantitative estimate of drug-likeness (QED) is 0.226. The number of likely N-dealkylation sites (tertiary alicyclic amines) is 1. The maximum atomic E-state index is 14.5. The summed E-state index contributed by atoms with van der Waals surface area (Å²) in [4.78, 5) is 69.9. The molecule has 0 spiro atoms. The second-order valence-corrected chi connectivity index (χ2v) is 19.5. The number of carbonyl (C=O) groups is 5. The molecule has 1 unspecified atom stereocenters. The Balaban J connectivity index is 1.34. The Morgan fingerprint density at radius 2 is 1.59 bits per heavy atom. The summed E-state index contributed by atoms with van der Waals surface area (Å²) in [5, 5.41) is 11.0. The van der Waals surface area contributed by atoms with Gasteiger partial charge < -0.3 is 26.2 Å². The summed E-state index contributed by atoms with van der Waals surface area (Å²) < 4.78 is 26.5. The highest BCUT2D eigenvalue weighted by Gasteiger charge is 2.70. The van der Waals surface area contributed by atoms with Gasteiger partial charge in [-0.25, -0.2) is 13.2 Å². The summed E-state index contributed by atoms with van der Waals surface area (Å²) in [6.45, 7) is 12.0. The highest BCUT2D eigenvalue weighted by atomic mass is 32.2. The minimum absolute atomic E-state index is 0.00837. The first-order valence-electron chi connectivity index (χ1n) is 18.7. The summed E-state index contributed by atoms with van der Waals surface area (Å²) in [6, 6.07) is -3.42. The molecule has 5 rings (SSSR count). The lowest BCUT2D eigenvalue weighted by atomic mass is 9.77. The Kier molecular flexibility index (Phi) is 10.8. The van der Waals surface area contributed by atoms with Crippen molar-refractivity contribution in [3.63, 3.8) is 0 Å². The van der Waals surface area contributed by atoms with Gasteiger partial charge in [0, 0.05) is 12.6 Å². The summed E-state index contributed by atoms with van der Waals surface area (Å²) in [6.07, 6.45) is 9.13. The molecule has 13 heteroatoms. The van der Waals surface area contributed by atoms with Crippen LogP contribution in [0.2, 0.25) is 0 Å². The number of fused-ring (bicyclic) bond motifs is 1. The average molecular weight is 706 g/mol. The molecule has 4 N–H and O–H groups in total. The minimum Gasteiger partial charge on any atom is -0.347 e. The number of amides is 5. The number of sulfone groups is 1. The number of nitrogens with one attached hydrogen (secondary N) is 4. The third kappa shape index (κ3) is 7.96. The topological polar surface area (TPSA) is 171 Å². The Bertz CT molecular complexity index is 1410. The molecule has 0 radical (unpaired) electrons. The van der Waals surface area contributed by atoms with Crippen LogP contribution < -0.4 is 21.3 Å². The zero-order valence-corrected chi connectivity index (χ0v) is 31.2. The maximum absolute atomic E-state index is 14.5. The average Bonchev–Trinajstić information content (AvgIpc) is 3.88. The molecule has 276 valence electrons. The van der Waals surface area contributed by atoms with Gasteiger partial charge in [0.1, 0.15) is 12.1 Å². The van der Waals surface area contributed by atoms with Gasteiger partial charge in [-0.1, -0.05) is 80.1 Å². The van der Waals surface area contributed by atoms with Crippen LogP contribution in [-0.4, -0.2) is 90.1 Å². The zero-order chi connectivity index (χ0) is 35.9. The molecule has 6 atom stereocenters. The second-order valence-electron chi connectivity index (χ2n) is 17.2. The number of carbonyl (C=O) groups excluding carboxylic acids is 5. The zero-order valence-electron chi connectivity index (χ0n) is 30.4. The van der Waals surface area contributed by atoms with Crippen LogP contribution in [0.5, 0.6) is 0 Å². The number of unbranched alkanes of at least 4 members (excludes halogenated alkanes) is 1.